The largest absolute Gasteiger partial charge is 0.473 e. The van der Waals surface area contributed by atoms with E-state index in [2.05, 4.69) is 20.0 Å². The number of aromatic nitrogens is 2. The van der Waals surface area contributed by atoms with Gasteiger partial charge in [-0.05, 0) is 68.0 Å². The lowest BCUT2D eigenvalue weighted by atomic mass is 9.91. The van der Waals surface area contributed by atoms with Gasteiger partial charge in [-0.25, -0.2) is 18.1 Å². The van der Waals surface area contributed by atoms with E-state index in [1.165, 1.54) is 0 Å². The van der Waals surface area contributed by atoms with Gasteiger partial charge >= 0.3 is 0 Å². The fourth-order valence-corrected chi connectivity index (χ4v) is 5.61. The third kappa shape index (κ3) is 4.08. The van der Waals surface area contributed by atoms with Gasteiger partial charge in [0, 0.05) is 18.2 Å². The zero-order valence-electron chi connectivity index (χ0n) is 18.1. The minimum absolute atomic E-state index is 0.00395. The molecule has 0 aliphatic carbocycles. The van der Waals surface area contributed by atoms with E-state index in [1.807, 2.05) is 38.1 Å². The first-order valence-corrected chi connectivity index (χ1v) is 12.3. The van der Waals surface area contributed by atoms with Gasteiger partial charge in [0.05, 0.1) is 10.6 Å². The predicted octanol–water partition coefficient (Wildman–Crippen LogP) is 3.79. The summed E-state index contributed by atoms with van der Waals surface area (Å²) in [5, 5.41) is 3.44. The van der Waals surface area contributed by atoms with E-state index in [0.717, 1.165) is 41.6 Å². The summed E-state index contributed by atoms with van der Waals surface area (Å²) in [6.07, 6.45) is 1.61. The van der Waals surface area contributed by atoms with Crippen molar-refractivity contribution in [3.05, 3.63) is 65.2 Å². The van der Waals surface area contributed by atoms with Crippen molar-refractivity contribution in [1.29, 1.82) is 0 Å². The molecule has 1 saturated heterocycles. The number of anilines is 1. The van der Waals surface area contributed by atoms with Crippen LogP contribution in [0, 0.1) is 13.8 Å². The van der Waals surface area contributed by atoms with Gasteiger partial charge in [-0.3, -0.25) is 0 Å². The second-order valence-electron chi connectivity index (χ2n) is 8.53. The zero-order valence-corrected chi connectivity index (χ0v) is 18.9. The predicted molar refractivity (Wildman–Crippen MR) is 123 cm³/mol. The standard InChI is InChI=1S/C24H26N4O3S/c1-15-5-3-6-16(2)23(15)21-13-22-27-24(26-21)28-32(29,30)20-8-4-7-17(12-20)18-9-10-25-14-19(11-18)31-22/h3-8,12-13,18-19,25H,9-11,14H2,1-2H3,(H,26,27,28). The SMILES string of the molecule is Cc1cccc(C)c1-c1cc2nc(n1)NS(=O)(=O)c1cccc(c1)C1CCNCC(C1)O2. The molecule has 1 aromatic heterocycles. The number of hydrogen-bond donors (Lipinski definition) is 2. The van der Waals surface area contributed by atoms with E-state index in [4.69, 9.17) is 4.74 Å². The number of benzene rings is 2. The van der Waals surface area contributed by atoms with Crippen LogP contribution in [0.15, 0.2) is 53.4 Å². The Morgan fingerprint density at radius 3 is 2.62 bits per heavy atom. The van der Waals surface area contributed by atoms with Crippen molar-refractivity contribution in [3.8, 4) is 17.1 Å². The van der Waals surface area contributed by atoms with Crippen molar-refractivity contribution in [3.63, 3.8) is 0 Å². The van der Waals surface area contributed by atoms with Crippen LogP contribution < -0.4 is 14.8 Å². The van der Waals surface area contributed by atoms with Crippen LogP contribution >= 0.6 is 0 Å². The molecule has 0 saturated carbocycles. The topological polar surface area (TPSA) is 93.2 Å². The molecule has 7 nitrogen and oxygen atoms in total. The average Bonchev–Trinajstić information content (AvgIpc) is 2.98. The van der Waals surface area contributed by atoms with Crippen LogP contribution in [0.4, 0.5) is 5.95 Å². The smallest absolute Gasteiger partial charge is 0.264 e. The molecule has 0 radical (unpaired) electrons. The molecule has 0 spiro atoms. The second-order valence-corrected chi connectivity index (χ2v) is 10.2. The number of aryl methyl sites for hydroxylation is 2. The summed E-state index contributed by atoms with van der Waals surface area (Å²) >= 11 is 0. The van der Waals surface area contributed by atoms with E-state index < -0.39 is 10.0 Å². The highest BCUT2D eigenvalue weighted by molar-refractivity contribution is 7.92. The molecule has 2 aliphatic heterocycles. The Kier molecular flexibility index (Phi) is 5.35. The quantitative estimate of drug-likeness (QED) is 0.586. The van der Waals surface area contributed by atoms with Crippen LogP contribution in [0.3, 0.4) is 0 Å². The maximum absolute atomic E-state index is 13.2. The first-order chi connectivity index (χ1) is 15.4. The molecule has 2 N–H and O–H groups in total. The van der Waals surface area contributed by atoms with E-state index in [1.54, 1.807) is 24.3 Å². The Balaban J connectivity index is 1.68. The van der Waals surface area contributed by atoms with Crippen molar-refractivity contribution in [2.24, 2.45) is 0 Å². The highest BCUT2D eigenvalue weighted by atomic mass is 32.2. The van der Waals surface area contributed by atoms with Crippen molar-refractivity contribution in [1.82, 2.24) is 15.3 Å². The van der Waals surface area contributed by atoms with E-state index in [0.29, 0.717) is 18.1 Å². The molecule has 5 rings (SSSR count). The van der Waals surface area contributed by atoms with E-state index in [-0.39, 0.29) is 22.9 Å². The van der Waals surface area contributed by atoms with Gasteiger partial charge in [-0.1, -0.05) is 30.3 Å². The summed E-state index contributed by atoms with van der Waals surface area (Å²) in [5.74, 6) is 0.570. The number of rotatable bonds is 1. The third-order valence-electron chi connectivity index (χ3n) is 6.18. The summed E-state index contributed by atoms with van der Waals surface area (Å²) < 4.78 is 35.2. The average molecular weight is 451 g/mol. The highest BCUT2D eigenvalue weighted by Gasteiger charge is 2.27. The fraction of sp³-hybridized carbons (Fsp3) is 0.333. The third-order valence-corrected chi connectivity index (χ3v) is 7.51. The van der Waals surface area contributed by atoms with Crippen LogP contribution in [0.1, 0.15) is 35.4 Å². The van der Waals surface area contributed by atoms with Crippen molar-refractivity contribution < 1.29 is 13.2 Å². The molecule has 8 heteroatoms. The van der Waals surface area contributed by atoms with Gasteiger partial charge in [0.1, 0.15) is 6.10 Å². The fourth-order valence-electron chi connectivity index (χ4n) is 4.61. The summed E-state index contributed by atoms with van der Waals surface area (Å²) in [4.78, 5) is 9.19. The Bertz CT molecular complexity index is 1260. The zero-order chi connectivity index (χ0) is 22.3. The molecule has 3 heterocycles. The number of hydrogen-bond acceptors (Lipinski definition) is 6. The summed E-state index contributed by atoms with van der Waals surface area (Å²) in [6, 6.07) is 15.0. The molecule has 166 valence electrons. The first-order valence-electron chi connectivity index (χ1n) is 10.8. The van der Waals surface area contributed by atoms with Crippen molar-refractivity contribution >= 4 is 16.0 Å². The summed E-state index contributed by atoms with van der Waals surface area (Å²) in [6.45, 7) is 5.58. The minimum Gasteiger partial charge on any atom is -0.473 e. The Labute approximate surface area is 188 Å². The Morgan fingerprint density at radius 2 is 1.81 bits per heavy atom. The number of nitrogens with zero attached hydrogens (tertiary/aromatic N) is 2. The second kappa shape index (κ2) is 8.18. The van der Waals surface area contributed by atoms with Crippen molar-refractivity contribution in [2.45, 2.75) is 43.6 Å². The van der Waals surface area contributed by atoms with Gasteiger partial charge in [-0.15, -0.1) is 0 Å². The monoisotopic (exact) mass is 450 g/mol. The highest BCUT2D eigenvalue weighted by Crippen LogP contribution is 2.33. The number of nitrogens with one attached hydrogen (secondary N) is 2. The molecule has 2 aromatic carbocycles. The van der Waals surface area contributed by atoms with E-state index in [9.17, 15) is 8.42 Å². The Morgan fingerprint density at radius 1 is 1.03 bits per heavy atom. The number of sulfonamides is 1. The maximum atomic E-state index is 13.2. The summed E-state index contributed by atoms with van der Waals surface area (Å²) in [7, 11) is -3.85. The molecular formula is C24H26N4O3S. The van der Waals surface area contributed by atoms with Crippen molar-refractivity contribution in [2.75, 3.05) is 17.8 Å². The molecule has 0 amide bonds. The van der Waals surface area contributed by atoms with Crippen LogP contribution in [-0.4, -0.2) is 37.6 Å². The van der Waals surface area contributed by atoms with Gasteiger partial charge < -0.3 is 10.1 Å². The molecule has 3 aromatic rings. The summed E-state index contributed by atoms with van der Waals surface area (Å²) in [5.41, 5.74) is 4.69. The minimum atomic E-state index is -3.85. The number of fused-ring (bicyclic) bond motifs is 7. The van der Waals surface area contributed by atoms with Crippen LogP contribution in [0.5, 0.6) is 5.88 Å². The van der Waals surface area contributed by atoms with Gasteiger partial charge in [0.2, 0.25) is 11.8 Å². The molecule has 6 bridgehead atoms. The van der Waals surface area contributed by atoms with Crippen LogP contribution in [0.25, 0.3) is 11.3 Å². The molecule has 2 aliphatic rings. The normalized spacial score (nSPS) is 21.8. The molecular weight excluding hydrogens is 424 g/mol. The van der Waals surface area contributed by atoms with Crippen LogP contribution in [-0.2, 0) is 10.0 Å². The van der Waals surface area contributed by atoms with Gasteiger partial charge in [-0.2, -0.15) is 4.98 Å². The lowest BCUT2D eigenvalue weighted by Gasteiger charge is -2.23. The van der Waals surface area contributed by atoms with Gasteiger partial charge in [0.25, 0.3) is 10.0 Å². The van der Waals surface area contributed by atoms with Crippen LogP contribution in [0.2, 0.25) is 0 Å². The molecule has 2 atom stereocenters. The molecule has 32 heavy (non-hydrogen) atoms. The maximum Gasteiger partial charge on any atom is 0.264 e. The lowest BCUT2D eigenvalue weighted by Crippen LogP contribution is -2.30. The lowest BCUT2D eigenvalue weighted by molar-refractivity contribution is 0.181. The van der Waals surface area contributed by atoms with E-state index >= 15 is 0 Å². The molecule has 2 unspecified atom stereocenters. The Hall–Kier alpha value is -2.97. The molecule has 1 fully saturated rings. The first kappa shape index (κ1) is 20.9. The number of ether oxygens (including phenoxy) is 1. The van der Waals surface area contributed by atoms with Gasteiger partial charge in [0.15, 0.2) is 0 Å².